The van der Waals surface area contributed by atoms with E-state index >= 15 is 0 Å². The molecule has 0 saturated carbocycles. The summed E-state index contributed by atoms with van der Waals surface area (Å²) in [7, 11) is 0. The molecule has 0 atom stereocenters. The Morgan fingerprint density at radius 1 is 1.20 bits per heavy atom. The van der Waals surface area contributed by atoms with Gasteiger partial charge in [0.2, 0.25) is 0 Å². The van der Waals surface area contributed by atoms with Crippen molar-refractivity contribution < 1.29 is 4.79 Å². The van der Waals surface area contributed by atoms with Crippen LogP contribution in [0.2, 0.25) is 0 Å². The van der Waals surface area contributed by atoms with Crippen molar-refractivity contribution in [1.29, 1.82) is 0 Å². The smallest absolute Gasteiger partial charge is 0.259 e. The lowest BCUT2D eigenvalue weighted by Crippen LogP contribution is -2.26. The molecule has 0 saturated heterocycles. The largest absolute Gasteiger partial charge is 0.375 e. The number of carbonyl (C=O) groups is 1. The summed E-state index contributed by atoms with van der Waals surface area (Å²) in [6.45, 7) is 4.14. The number of halogens is 3. The molecule has 0 aliphatic heterocycles. The van der Waals surface area contributed by atoms with Gasteiger partial charge in [-0.25, -0.2) is 5.43 Å². The summed E-state index contributed by atoms with van der Waals surface area (Å²) in [6, 6.07) is 3.81. The molecule has 1 amide bonds. The highest BCUT2D eigenvalue weighted by atomic mass is 79.9. The minimum atomic E-state index is -0.175. The average molecular weight is 470 g/mol. The predicted octanol–water partition coefficient (Wildman–Crippen LogP) is 4.68. The van der Waals surface area contributed by atoms with E-state index in [2.05, 4.69) is 70.6 Å². The van der Waals surface area contributed by atoms with Crippen LogP contribution in [0.25, 0.3) is 0 Å². The van der Waals surface area contributed by atoms with Crippen molar-refractivity contribution in [3.05, 3.63) is 25.6 Å². The lowest BCUT2D eigenvalue weighted by Gasteiger charge is -2.09. The first-order valence-corrected chi connectivity index (χ1v) is 8.52. The van der Waals surface area contributed by atoms with E-state index in [4.69, 9.17) is 0 Å². The molecule has 0 radical (unpaired) electrons. The third kappa shape index (κ3) is 5.93. The molecule has 0 fully saturated rings. The summed E-state index contributed by atoms with van der Waals surface area (Å²) in [5, 5.41) is 7.09. The molecule has 0 bridgehead atoms. The van der Waals surface area contributed by atoms with Gasteiger partial charge in [-0.1, -0.05) is 13.3 Å². The molecule has 0 spiro atoms. The molecule has 7 heteroatoms. The zero-order valence-corrected chi connectivity index (χ0v) is 16.0. The van der Waals surface area contributed by atoms with Gasteiger partial charge in [0.05, 0.1) is 12.2 Å². The molecule has 110 valence electrons. The van der Waals surface area contributed by atoms with Crippen LogP contribution in [0.15, 0.2) is 30.7 Å². The van der Waals surface area contributed by atoms with Gasteiger partial charge in [0.15, 0.2) is 0 Å². The number of hydrogen-bond donors (Lipinski definition) is 2. The Morgan fingerprint density at radius 2 is 1.85 bits per heavy atom. The summed E-state index contributed by atoms with van der Waals surface area (Å²) in [5.41, 5.74) is 4.30. The Labute approximate surface area is 144 Å². The number of nitrogens with one attached hydrogen (secondary N) is 2. The number of carbonyl (C=O) groups excluding carboxylic acids is 1. The topological polar surface area (TPSA) is 53.5 Å². The molecule has 0 aliphatic rings. The third-order valence-corrected chi connectivity index (χ3v) is 4.93. The molecule has 0 unspecified atom stereocenters. The fourth-order valence-corrected chi connectivity index (χ4v) is 2.93. The molecular weight excluding hydrogens is 454 g/mol. The highest BCUT2D eigenvalue weighted by molar-refractivity contribution is 9.13. The first kappa shape index (κ1) is 17.7. The normalized spacial score (nSPS) is 11.3. The van der Waals surface area contributed by atoms with Crippen molar-refractivity contribution >= 4 is 65.1 Å². The maximum atomic E-state index is 11.7. The molecule has 1 aromatic carbocycles. The molecular formula is C13H16Br3N3O. The summed E-state index contributed by atoms with van der Waals surface area (Å²) in [5.74, 6) is -0.175. The van der Waals surface area contributed by atoms with Gasteiger partial charge >= 0.3 is 0 Å². The second-order valence-corrected chi connectivity index (χ2v) is 6.79. The minimum absolute atomic E-state index is 0.162. The van der Waals surface area contributed by atoms with Crippen molar-refractivity contribution in [3.8, 4) is 0 Å². The van der Waals surface area contributed by atoms with E-state index in [9.17, 15) is 4.79 Å². The van der Waals surface area contributed by atoms with Crippen LogP contribution in [-0.2, 0) is 4.79 Å². The highest BCUT2D eigenvalue weighted by Gasteiger charge is 2.06. The molecule has 4 nitrogen and oxygen atoms in total. The fourth-order valence-electron chi connectivity index (χ4n) is 1.45. The Bertz CT molecular complexity index is 518. The van der Waals surface area contributed by atoms with Crippen molar-refractivity contribution in [3.63, 3.8) is 0 Å². The number of benzene rings is 1. The summed E-state index contributed by atoms with van der Waals surface area (Å²) >= 11 is 10.3. The van der Waals surface area contributed by atoms with Crippen molar-refractivity contribution in [2.24, 2.45) is 5.10 Å². The van der Waals surface area contributed by atoms with Crippen LogP contribution in [0.4, 0.5) is 5.69 Å². The van der Waals surface area contributed by atoms with Gasteiger partial charge in [-0.15, -0.1) is 0 Å². The van der Waals surface area contributed by atoms with Crippen LogP contribution >= 0.6 is 47.8 Å². The molecule has 0 aliphatic carbocycles. The highest BCUT2D eigenvalue weighted by Crippen LogP contribution is 2.32. The monoisotopic (exact) mass is 467 g/mol. The number of hydrogen-bond acceptors (Lipinski definition) is 3. The summed E-state index contributed by atoms with van der Waals surface area (Å²) < 4.78 is 2.74. The summed E-state index contributed by atoms with van der Waals surface area (Å²) in [6.07, 6.45) is 1.90. The first-order chi connectivity index (χ1) is 9.43. The van der Waals surface area contributed by atoms with Crippen molar-refractivity contribution in [1.82, 2.24) is 5.43 Å². The van der Waals surface area contributed by atoms with E-state index in [1.807, 2.05) is 19.1 Å². The standard InChI is InChI=1S/C13H16Br3N3O/c1-3-4-8(2)18-19-13(20)7-17-12-6-10(15)9(14)5-11(12)16/h5-6,17H,3-4,7H2,1-2H3,(H,19,20)/b18-8-. The first-order valence-electron chi connectivity index (χ1n) is 6.14. The van der Waals surface area contributed by atoms with Gasteiger partial charge in [-0.2, -0.15) is 5.10 Å². The molecule has 2 N–H and O–H groups in total. The van der Waals surface area contributed by atoms with Crippen molar-refractivity contribution in [2.45, 2.75) is 26.7 Å². The maximum Gasteiger partial charge on any atom is 0.259 e. The second-order valence-electron chi connectivity index (χ2n) is 4.23. The third-order valence-electron chi connectivity index (χ3n) is 2.43. The van der Waals surface area contributed by atoms with Crippen LogP contribution in [0.3, 0.4) is 0 Å². The van der Waals surface area contributed by atoms with Gasteiger partial charge in [-0.05, 0) is 73.3 Å². The molecule has 20 heavy (non-hydrogen) atoms. The van der Waals surface area contributed by atoms with Crippen molar-refractivity contribution in [2.75, 3.05) is 11.9 Å². The van der Waals surface area contributed by atoms with E-state index in [0.29, 0.717) is 0 Å². The van der Waals surface area contributed by atoms with Gasteiger partial charge in [0.1, 0.15) is 0 Å². The van der Waals surface area contributed by atoms with Crippen LogP contribution in [0, 0.1) is 0 Å². The number of hydrazone groups is 1. The maximum absolute atomic E-state index is 11.7. The van der Waals surface area contributed by atoms with E-state index in [-0.39, 0.29) is 12.5 Å². The van der Waals surface area contributed by atoms with Crippen LogP contribution < -0.4 is 10.7 Å². The van der Waals surface area contributed by atoms with Crippen LogP contribution in [0.5, 0.6) is 0 Å². The number of nitrogens with zero attached hydrogens (tertiary/aromatic N) is 1. The van der Waals surface area contributed by atoms with E-state index in [1.165, 1.54) is 0 Å². The Hall–Kier alpha value is -0.400. The molecule has 0 aromatic heterocycles. The lowest BCUT2D eigenvalue weighted by molar-refractivity contribution is -0.119. The summed E-state index contributed by atoms with van der Waals surface area (Å²) in [4.78, 5) is 11.7. The van der Waals surface area contributed by atoms with Crippen LogP contribution in [0.1, 0.15) is 26.7 Å². The second kappa shape index (κ2) is 8.79. The van der Waals surface area contributed by atoms with E-state index in [1.54, 1.807) is 0 Å². The minimum Gasteiger partial charge on any atom is -0.375 e. The lowest BCUT2D eigenvalue weighted by atomic mass is 10.2. The van der Waals surface area contributed by atoms with E-state index < -0.39 is 0 Å². The zero-order chi connectivity index (χ0) is 15.1. The van der Waals surface area contributed by atoms with Gasteiger partial charge in [0, 0.05) is 19.1 Å². The Morgan fingerprint density at radius 3 is 2.50 bits per heavy atom. The molecule has 1 aromatic rings. The van der Waals surface area contributed by atoms with Crippen LogP contribution in [-0.4, -0.2) is 18.2 Å². The molecule has 0 heterocycles. The quantitative estimate of drug-likeness (QED) is 0.361. The number of amides is 1. The van der Waals surface area contributed by atoms with E-state index in [0.717, 1.165) is 37.7 Å². The molecule has 1 rings (SSSR count). The Kier molecular flexibility index (Phi) is 7.76. The predicted molar refractivity (Wildman–Crippen MR) is 94.2 cm³/mol. The SMILES string of the molecule is CCC/C(C)=N\NC(=O)CNc1cc(Br)c(Br)cc1Br. The van der Waals surface area contributed by atoms with Gasteiger partial charge in [0.25, 0.3) is 5.91 Å². The fraction of sp³-hybridized carbons (Fsp3) is 0.385. The Balaban J connectivity index is 2.53. The van der Waals surface area contributed by atoms with Gasteiger partial charge < -0.3 is 5.32 Å². The van der Waals surface area contributed by atoms with Gasteiger partial charge in [-0.3, -0.25) is 4.79 Å². The number of rotatable bonds is 6. The zero-order valence-electron chi connectivity index (χ0n) is 11.3. The average Bonchev–Trinajstić information content (AvgIpc) is 2.39. The number of anilines is 1.